The van der Waals surface area contributed by atoms with Crippen LogP contribution in [-0.2, 0) is 11.8 Å². The van der Waals surface area contributed by atoms with Crippen molar-refractivity contribution < 1.29 is 9.53 Å². The molecule has 1 heterocycles. The van der Waals surface area contributed by atoms with Gasteiger partial charge in [0.05, 0.1) is 18.6 Å². The molecule has 2 aromatic rings. The lowest BCUT2D eigenvalue weighted by molar-refractivity contribution is -0.113. The zero-order chi connectivity index (χ0) is 14.5. The summed E-state index contributed by atoms with van der Waals surface area (Å²) in [4.78, 5) is 16.1. The number of imidazole rings is 1. The second kappa shape index (κ2) is 6.33. The molecule has 3 N–H and O–H groups in total. The van der Waals surface area contributed by atoms with Crippen LogP contribution in [0.15, 0.2) is 35.7 Å². The summed E-state index contributed by atoms with van der Waals surface area (Å²) in [5.74, 6) is 0.694. The van der Waals surface area contributed by atoms with Gasteiger partial charge in [-0.25, -0.2) is 4.98 Å². The molecule has 0 atom stereocenters. The van der Waals surface area contributed by atoms with E-state index in [-0.39, 0.29) is 11.7 Å². The van der Waals surface area contributed by atoms with E-state index >= 15 is 0 Å². The van der Waals surface area contributed by atoms with Gasteiger partial charge in [0.2, 0.25) is 5.91 Å². The normalized spacial score (nSPS) is 10.3. The average Bonchev–Trinajstić information content (AvgIpc) is 2.84. The molecule has 0 bridgehead atoms. The Morgan fingerprint density at radius 1 is 1.55 bits per heavy atom. The minimum absolute atomic E-state index is 0.124. The van der Waals surface area contributed by atoms with Crippen molar-refractivity contribution in [2.45, 2.75) is 5.16 Å². The summed E-state index contributed by atoms with van der Waals surface area (Å²) in [5.41, 5.74) is 6.85. The topological polar surface area (TPSA) is 82.2 Å². The number of hydrogen-bond donors (Lipinski definition) is 2. The minimum Gasteiger partial charge on any atom is -0.494 e. The van der Waals surface area contributed by atoms with Crippen LogP contribution in [0.2, 0.25) is 0 Å². The van der Waals surface area contributed by atoms with Crippen LogP contribution in [0.1, 0.15) is 0 Å². The van der Waals surface area contributed by atoms with E-state index in [4.69, 9.17) is 10.5 Å². The Labute approximate surface area is 121 Å². The van der Waals surface area contributed by atoms with Gasteiger partial charge in [-0.3, -0.25) is 4.79 Å². The van der Waals surface area contributed by atoms with Gasteiger partial charge in [0.1, 0.15) is 5.75 Å². The van der Waals surface area contributed by atoms with Crippen molar-refractivity contribution in [1.82, 2.24) is 9.55 Å². The van der Waals surface area contributed by atoms with Gasteiger partial charge in [0, 0.05) is 31.2 Å². The van der Waals surface area contributed by atoms with Crippen molar-refractivity contribution in [1.29, 1.82) is 0 Å². The Morgan fingerprint density at radius 3 is 3.00 bits per heavy atom. The molecule has 6 nitrogen and oxygen atoms in total. The fourth-order valence-electron chi connectivity index (χ4n) is 1.62. The highest BCUT2D eigenvalue weighted by atomic mass is 32.2. The molecule has 0 unspecified atom stereocenters. The number of thioether (sulfide) groups is 1. The molecule has 1 aromatic carbocycles. The summed E-state index contributed by atoms with van der Waals surface area (Å²) in [6, 6.07) is 5.10. The lowest BCUT2D eigenvalue weighted by atomic mass is 10.2. The van der Waals surface area contributed by atoms with Gasteiger partial charge >= 0.3 is 0 Å². The van der Waals surface area contributed by atoms with Gasteiger partial charge in [0.15, 0.2) is 5.16 Å². The first-order valence-corrected chi connectivity index (χ1v) is 6.92. The number of nitrogens with one attached hydrogen (secondary N) is 1. The summed E-state index contributed by atoms with van der Waals surface area (Å²) in [5, 5.41) is 3.59. The Morgan fingerprint density at radius 2 is 2.35 bits per heavy atom. The van der Waals surface area contributed by atoms with Crippen molar-refractivity contribution >= 4 is 29.0 Å². The first kappa shape index (κ1) is 14.3. The van der Waals surface area contributed by atoms with Crippen LogP contribution in [0.4, 0.5) is 11.4 Å². The van der Waals surface area contributed by atoms with Crippen molar-refractivity contribution in [3.63, 3.8) is 0 Å². The number of carbonyl (C=O) groups excluding carboxylic acids is 1. The maximum atomic E-state index is 11.9. The number of rotatable bonds is 5. The molecule has 0 radical (unpaired) electrons. The third-order valence-corrected chi connectivity index (χ3v) is 3.67. The zero-order valence-corrected chi connectivity index (χ0v) is 12.1. The van der Waals surface area contributed by atoms with E-state index in [0.717, 1.165) is 5.16 Å². The smallest absolute Gasteiger partial charge is 0.234 e. The van der Waals surface area contributed by atoms with Crippen LogP contribution in [0.3, 0.4) is 0 Å². The maximum absolute atomic E-state index is 11.9. The number of ether oxygens (including phenoxy) is 1. The van der Waals surface area contributed by atoms with Crippen LogP contribution in [-0.4, -0.2) is 28.3 Å². The molecular weight excluding hydrogens is 276 g/mol. The van der Waals surface area contributed by atoms with Crippen LogP contribution in [0.25, 0.3) is 0 Å². The zero-order valence-electron chi connectivity index (χ0n) is 11.3. The van der Waals surface area contributed by atoms with E-state index in [2.05, 4.69) is 10.3 Å². The highest BCUT2D eigenvalue weighted by Crippen LogP contribution is 2.27. The van der Waals surface area contributed by atoms with E-state index in [0.29, 0.717) is 17.1 Å². The second-order valence-corrected chi connectivity index (χ2v) is 5.06. The lowest BCUT2D eigenvalue weighted by Crippen LogP contribution is -2.15. The molecule has 0 spiro atoms. The number of benzene rings is 1. The van der Waals surface area contributed by atoms with Crippen molar-refractivity contribution in [2.24, 2.45) is 7.05 Å². The second-order valence-electron chi connectivity index (χ2n) is 4.12. The number of nitrogens with two attached hydrogens (primary N) is 1. The predicted molar refractivity (Wildman–Crippen MR) is 80.0 cm³/mol. The minimum atomic E-state index is -0.124. The summed E-state index contributed by atoms with van der Waals surface area (Å²) in [7, 11) is 3.42. The molecule has 1 aromatic heterocycles. The molecule has 0 aliphatic heterocycles. The summed E-state index contributed by atoms with van der Waals surface area (Å²) >= 11 is 1.37. The first-order chi connectivity index (χ1) is 9.60. The Balaban J connectivity index is 1.96. The van der Waals surface area contributed by atoms with Crippen molar-refractivity contribution in [3.05, 3.63) is 30.6 Å². The third-order valence-electron chi connectivity index (χ3n) is 2.61. The number of aryl methyl sites for hydroxylation is 1. The van der Waals surface area contributed by atoms with Gasteiger partial charge in [-0.2, -0.15) is 0 Å². The predicted octanol–water partition coefficient (Wildman–Crippen LogP) is 1.74. The van der Waals surface area contributed by atoms with E-state index in [1.807, 2.05) is 17.8 Å². The maximum Gasteiger partial charge on any atom is 0.234 e. The molecule has 106 valence electrons. The molecule has 20 heavy (non-hydrogen) atoms. The molecular formula is C13H16N4O2S. The molecule has 1 amide bonds. The molecule has 2 rings (SSSR count). The average molecular weight is 292 g/mol. The third kappa shape index (κ3) is 3.45. The first-order valence-electron chi connectivity index (χ1n) is 5.93. The highest BCUT2D eigenvalue weighted by Gasteiger charge is 2.09. The Hall–Kier alpha value is -2.15. The fraction of sp³-hybridized carbons (Fsp3) is 0.231. The summed E-state index contributed by atoms with van der Waals surface area (Å²) < 4.78 is 7.04. The van der Waals surface area contributed by atoms with Crippen LogP contribution >= 0.6 is 11.8 Å². The number of hydrogen-bond acceptors (Lipinski definition) is 5. The van der Waals surface area contributed by atoms with E-state index in [9.17, 15) is 4.79 Å². The molecule has 0 aliphatic carbocycles. The van der Waals surface area contributed by atoms with Gasteiger partial charge in [-0.1, -0.05) is 11.8 Å². The fourth-order valence-corrected chi connectivity index (χ4v) is 2.35. The van der Waals surface area contributed by atoms with E-state index < -0.39 is 0 Å². The monoisotopic (exact) mass is 292 g/mol. The molecule has 0 saturated heterocycles. The number of amides is 1. The number of anilines is 2. The van der Waals surface area contributed by atoms with Gasteiger partial charge in [0.25, 0.3) is 0 Å². The highest BCUT2D eigenvalue weighted by molar-refractivity contribution is 7.99. The quantitative estimate of drug-likeness (QED) is 0.648. The summed E-state index contributed by atoms with van der Waals surface area (Å²) in [6.45, 7) is 0. The van der Waals surface area contributed by atoms with E-state index in [1.165, 1.54) is 18.9 Å². The summed E-state index contributed by atoms with van der Waals surface area (Å²) in [6.07, 6.45) is 3.53. The molecule has 0 fully saturated rings. The van der Waals surface area contributed by atoms with Gasteiger partial charge in [-0.15, -0.1) is 0 Å². The molecule has 7 heteroatoms. The van der Waals surface area contributed by atoms with E-state index in [1.54, 1.807) is 24.4 Å². The van der Waals surface area contributed by atoms with Crippen molar-refractivity contribution in [3.8, 4) is 5.75 Å². The standard InChI is InChI=1S/C13H16N4O2S/c1-17-6-5-15-13(17)20-8-12(18)16-10-4-3-9(14)7-11(10)19-2/h3-7H,8,14H2,1-2H3,(H,16,18). The van der Waals surface area contributed by atoms with Crippen LogP contribution in [0, 0.1) is 0 Å². The lowest BCUT2D eigenvalue weighted by Gasteiger charge is -2.10. The molecule has 0 saturated carbocycles. The largest absolute Gasteiger partial charge is 0.494 e. The van der Waals surface area contributed by atoms with Crippen LogP contribution in [0.5, 0.6) is 5.75 Å². The number of aromatic nitrogens is 2. The van der Waals surface area contributed by atoms with Gasteiger partial charge in [-0.05, 0) is 12.1 Å². The number of nitrogens with zero attached hydrogens (tertiary/aromatic N) is 2. The van der Waals surface area contributed by atoms with Crippen LogP contribution < -0.4 is 15.8 Å². The SMILES string of the molecule is COc1cc(N)ccc1NC(=O)CSc1nccn1C. The van der Waals surface area contributed by atoms with Crippen molar-refractivity contribution in [2.75, 3.05) is 23.9 Å². The number of methoxy groups -OCH3 is 1. The molecule has 0 aliphatic rings. The number of carbonyl (C=O) groups is 1. The van der Waals surface area contributed by atoms with Gasteiger partial charge < -0.3 is 20.4 Å². The Kier molecular flexibility index (Phi) is 4.52. The number of nitrogen functional groups attached to an aromatic ring is 1. The Bertz CT molecular complexity index is 612.